The number of aromatic nitrogens is 5. The second-order valence-electron chi connectivity index (χ2n) is 2.51. The summed E-state index contributed by atoms with van der Waals surface area (Å²) >= 11 is 0. The van der Waals surface area contributed by atoms with Crippen LogP contribution in [0.2, 0.25) is 0 Å². The maximum Gasteiger partial charge on any atom is 0.205 e. The van der Waals surface area contributed by atoms with E-state index in [0.29, 0.717) is 22.8 Å². The number of nitrogen functional groups attached to an aromatic ring is 1. The van der Waals surface area contributed by atoms with Crippen molar-refractivity contribution in [3.63, 3.8) is 0 Å². The van der Waals surface area contributed by atoms with E-state index in [4.69, 9.17) is 5.73 Å². The van der Waals surface area contributed by atoms with E-state index in [-0.39, 0.29) is 0 Å². The van der Waals surface area contributed by atoms with Crippen molar-refractivity contribution >= 4 is 17.0 Å². The molecule has 0 radical (unpaired) electrons. The van der Waals surface area contributed by atoms with Gasteiger partial charge in [0.2, 0.25) is 5.65 Å². The lowest BCUT2D eigenvalue weighted by Crippen LogP contribution is -2.02. The largest absolute Gasteiger partial charge is 0.382 e. The average Bonchev–Trinajstić information content (AvgIpc) is 2.18. The Hall–Kier alpha value is -1.85. The fourth-order valence-electron chi connectivity index (χ4n) is 0.969. The SMILES string of the molecule is CCc1nnc2ncnc(N)c2n1. The molecule has 0 unspecified atom stereocenters. The van der Waals surface area contributed by atoms with Gasteiger partial charge in [-0.2, -0.15) is 0 Å². The summed E-state index contributed by atoms with van der Waals surface area (Å²) in [6.45, 7) is 1.95. The summed E-state index contributed by atoms with van der Waals surface area (Å²) in [6, 6.07) is 0. The molecular formula is C7H8N6. The summed E-state index contributed by atoms with van der Waals surface area (Å²) in [5.41, 5.74) is 6.56. The van der Waals surface area contributed by atoms with Gasteiger partial charge in [0.05, 0.1) is 0 Å². The van der Waals surface area contributed by atoms with E-state index in [1.807, 2.05) is 6.92 Å². The predicted octanol–water partition coefficient (Wildman–Crippen LogP) is -0.0406. The van der Waals surface area contributed by atoms with Crippen molar-refractivity contribution < 1.29 is 0 Å². The Balaban J connectivity index is 2.74. The molecule has 0 aliphatic carbocycles. The molecule has 6 nitrogen and oxygen atoms in total. The molecule has 0 saturated carbocycles. The highest BCUT2D eigenvalue weighted by Crippen LogP contribution is 2.09. The molecular weight excluding hydrogens is 168 g/mol. The van der Waals surface area contributed by atoms with Gasteiger partial charge in [-0.05, 0) is 0 Å². The third-order valence-corrected chi connectivity index (χ3v) is 1.65. The number of anilines is 1. The molecule has 2 aromatic heterocycles. The first-order chi connectivity index (χ1) is 6.31. The van der Waals surface area contributed by atoms with Gasteiger partial charge in [-0.3, -0.25) is 0 Å². The number of hydrogen-bond acceptors (Lipinski definition) is 6. The van der Waals surface area contributed by atoms with Crippen molar-refractivity contribution in [2.45, 2.75) is 13.3 Å². The van der Waals surface area contributed by atoms with Gasteiger partial charge in [0, 0.05) is 6.42 Å². The third-order valence-electron chi connectivity index (χ3n) is 1.65. The normalized spacial score (nSPS) is 10.5. The predicted molar refractivity (Wildman–Crippen MR) is 46.7 cm³/mol. The molecule has 2 rings (SSSR count). The zero-order chi connectivity index (χ0) is 9.26. The quantitative estimate of drug-likeness (QED) is 0.655. The van der Waals surface area contributed by atoms with Gasteiger partial charge in [0.25, 0.3) is 0 Å². The van der Waals surface area contributed by atoms with Crippen LogP contribution in [0.25, 0.3) is 11.2 Å². The molecule has 13 heavy (non-hydrogen) atoms. The molecule has 0 spiro atoms. The number of fused-ring (bicyclic) bond motifs is 1. The van der Waals surface area contributed by atoms with E-state index >= 15 is 0 Å². The molecule has 6 heteroatoms. The van der Waals surface area contributed by atoms with Crippen molar-refractivity contribution in [1.82, 2.24) is 25.1 Å². The van der Waals surface area contributed by atoms with E-state index in [9.17, 15) is 0 Å². The molecule has 0 aliphatic rings. The molecule has 0 amide bonds. The van der Waals surface area contributed by atoms with Gasteiger partial charge in [0.1, 0.15) is 6.33 Å². The van der Waals surface area contributed by atoms with Gasteiger partial charge < -0.3 is 5.73 Å². The number of aryl methyl sites for hydroxylation is 1. The van der Waals surface area contributed by atoms with Crippen LogP contribution in [0.4, 0.5) is 5.82 Å². The first kappa shape index (κ1) is 7.78. The lowest BCUT2D eigenvalue weighted by atomic mass is 10.4. The summed E-state index contributed by atoms with van der Waals surface area (Å²) in [7, 11) is 0. The van der Waals surface area contributed by atoms with Gasteiger partial charge in [0.15, 0.2) is 17.2 Å². The minimum atomic E-state index is 0.342. The summed E-state index contributed by atoms with van der Waals surface area (Å²) in [6.07, 6.45) is 2.07. The molecule has 2 aromatic rings. The number of nitrogens with two attached hydrogens (primary N) is 1. The molecule has 0 saturated heterocycles. The molecule has 0 aliphatic heterocycles. The van der Waals surface area contributed by atoms with Gasteiger partial charge in [-0.15, -0.1) is 10.2 Å². The number of rotatable bonds is 1. The summed E-state index contributed by atoms with van der Waals surface area (Å²) in [5.74, 6) is 0.989. The van der Waals surface area contributed by atoms with Crippen molar-refractivity contribution in [2.75, 3.05) is 5.73 Å². The van der Waals surface area contributed by atoms with Crippen LogP contribution in [0.5, 0.6) is 0 Å². The van der Waals surface area contributed by atoms with Crippen LogP contribution in [-0.4, -0.2) is 25.1 Å². The van der Waals surface area contributed by atoms with Crippen LogP contribution < -0.4 is 5.73 Å². The van der Waals surface area contributed by atoms with E-state index in [2.05, 4.69) is 25.1 Å². The standard InChI is InChI=1S/C7H8N6/c1-2-4-11-5-6(8)9-3-10-7(5)13-12-4/h3H,2H2,1H3,(H2,8,9,10,13). The zero-order valence-electron chi connectivity index (χ0n) is 7.10. The molecule has 0 fully saturated rings. The molecule has 66 valence electrons. The molecule has 0 aromatic carbocycles. The van der Waals surface area contributed by atoms with E-state index in [1.165, 1.54) is 6.33 Å². The first-order valence-electron chi connectivity index (χ1n) is 3.91. The topological polar surface area (TPSA) is 90.5 Å². The Morgan fingerprint density at radius 1 is 1.31 bits per heavy atom. The highest BCUT2D eigenvalue weighted by Gasteiger charge is 2.04. The highest BCUT2D eigenvalue weighted by molar-refractivity contribution is 5.79. The van der Waals surface area contributed by atoms with Crippen LogP contribution in [0.1, 0.15) is 12.7 Å². The van der Waals surface area contributed by atoms with Crippen LogP contribution in [0, 0.1) is 0 Å². The highest BCUT2D eigenvalue weighted by atomic mass is 15.2. The number of nitrogens with zero attached hydrogens (tertiary/aromatic N) is 5. The van der Waals surface area contributed by atoms with E-state index < -0.39 is 0 Å². The van der Waals surface area contributed by atoms with Crippen LogP contribution in [-0.2, 0) is 6.42 Å². The minimum Gasteiger partial charge on any atom is -0.382 e. The first-order valence-corrected chi connectivity index (χ1v) is 3.91. The summed E-state index contributed by atoms with van der Waals surface area (Å²) < 4.78 is 0. The second kappa shape index (κ2) is 2.89. The average molecular weight is 176 g/mol. The maximum absolute atomic E-state index is 5.60. The van der Waals surface area contributed by atoms with Gasteiger partial charge in [-0.1, -0.05) is 6.92 Å². The fourth-order valence-corrected chi connectivity index (χ4v) is 0.969. The van der Waals surface area contributed by atoms with Crippen molar-refractivity contribution in [3.05, 3.63) is 12.2 Å². The molecule has 2 N–H and O–H groups in total. The Morgan fingerprint density at radius 2 is 2.15 bits per heavy atom. The third kappa shape index (κ3) is 1.26. The van der Waals surface area contributed by atoms with Crippen LogP contribution in [0.3, 0.4) is 0 Å². The van der Waals surface area contributed by atoms with Crippen molar-refractivity contribution in [2.24, 2.45) is 0 Å². The lowest BCUT2D eigenvalue weighted by molar-refractivity contribution is 0.870. The molecule has 2 heterocycles. The maximum atomic E-state index is 5.60. The second-order valence-corrected chi connectivity index (χ2v) is 2.51. The Kier molecular flexibility index (Phi) is 1.73. The van der Waals surface area contributed by atoms with Crippen LogP contribution in [0.15, 0.2) is 6.33 Å². The Labute approximate surface area is 74.2 Å². The lowest BCUT2D eigenvalue weighted by Gasteiger charge is -1.98. The van der Waals surface area contributed by atoms with Crippen molar-refractivity contribution in [1.29, 1.82) is 0 Å². The van der Waals surface area contributed by atoms with Gasteiger partial charge >= 0.3 is 0 Å². The Morgan fingerprint density at radius 3 is 2.92 bits per heavy atom. The van der Waals surface area contributed by atoms with Crippen LogP contribution >= 0.6 is 0 Å². The minimum absolute atomic E-state index is 0.342. The monoisotopic (exact) mass is 176 g/mol. The molecule has 0 bridgehead atoms. The smallest absolute Gasteiger partial charge is 0.205 e. The molecule has 0 atom stereocenters. The van der Waals surface area contributed by atoms with E-state index in [1.54, 1.807) is 0 Å². The van der Waals surface area contributed by atoms with Crippen molar-refractivity contribution in [3.8, 4) is 0 Å². The fraction of sp³-hybridized carbons (Fsp3) is 0.286. The summed E-state index contributed by atoms with van der Waals surface area (Å²) in [5, 5.41) is 7.73. The summed E-state index contributed by atoms with van der Waals surface area (Å²) in [4.78, 5) is 11.9. The van der Waals surface area contributed by atoms with E-state index in [0.717, 1.165) is 6.42 Å². The zero-order valence-corrected chi connectivity index (χ0v) is 7.10. The Bertz CT molecular complexity index is 440. The number of hydrogen-bond donors (Lipinski definition) is 1. The van der Waals surface area contributed by atoms with Gasteiger partial charge in [-0.25, -0.2) is 15.0 Å².